The molecule has 0 bridgehead atoms. The maximum atomic E-state index is 11.3. The Bertz CT molecular complexity index is 313. The minimum atomic E-state index is -3.04. The van der Waals surface area contributed by atoms with E-state index in [-0.39, 0.29) is 12.6 Å². The van der Waals surface area contributed by atoms with Crippen molar-refractivity contribution in [3.05, 3.63) is 0 Å². The van der Waals surface area contributed by atoms with E-state index in [1.165, 1.54) is 10.6 Å². The summed E-state index contributed by atoms with van der Waals surface area (Å²) in [5.41, 5.74) is 0. The van der Waals surface area contributed by atoms with Crippen molar-refractivity contribution in [1.82, 2.24) is 14.5 Å². The molecule has 0 radical (unpaired) electrons. The number of aliphatic hydroxyl groups excluding tert-OH is 1. The first kappa shape index (κ1) is 14.8. The topological polar surface area (TPSA) is 72.9 Å². The summed E-state index contributed by atoms with van der Waals surface area (Å²) in [6.07, 6.45) is 1.98. The van der Waals surface area contributed by atoms with E-state index in [1.54, 1.807) is 0 Å². The van der Waals surface area contributed by atoms with Gasteiger partial charge in [0.25, 0.3) is 0 Å². The van der Waals surface area contributed by atoms with Gasteiger partial charge in [-0.2, -0.15) is 4.31 Å². The molecule has 1 aliphatic rings. The molecule has 1 fully saturated rings. The van der Waals surface area contributed by atoms with E-state index < -0.39 is 10.0 Å². The Kier molecular flexibility index (Phi) is 5.81. The van der Waals surface area contributed by atoms with Crippen LogP contribution in [-0.4, -0.2) is 81.4 Å². The standard InChI is InChI=1S/C10H23N3O3S/c1-11-10(3-8-14)9-12-4-6-13(7-5-12)17(2,15)16/h10-11,14H,3-9H2,1-2H3. The average molecular weight is 265 g/mol. The molecule has 1 rings (SSSR count). The lowest BCUT2D eigenvalue weighted by atomic mass is 10.2. The van der Waals surface area contributed by atoms with E-state index in [0.29, 0.717) is 13.1 Å². The first-order valence-electron chi connectivity index (χ1n) is 5.93. The monoisotopic (exact) mass is 265 g/mol. The van der Waals surface area contributed by atoms with Crippen LogP contribution in [0, 0.1) is 0 Å². The molecule has 0 amide bonds. The van der Waals surface area contributed by atoms with E-state index in [2.05, 4.69) is 10.2 Å². The summed E-state index contributed by atoms with van der Waals surface area (Å²) in [4.78, 5) is 2.23. The Morgan fingerprint density at radius 1 is 1.29 bits per heavy atom. The van der Waals surface area contributed by atoms with Gasteiger partial charge in [0, 0.05) is 45.4 Å². The second-order valence-corrected chi connectivity index (χ2v) is 6.44. The molecular weight excluding hydrogens is 242 g/mol. The fourth-order valence-corrected chi connectivity index (χ4v) is 2.86. The number of aliphatic hydroxyl groups is 1. The van der Waals surface area contributed by atoms with Gasteiger partial charge in [-0.3, -0.25) is 4.90 Å². The van der Waals surface area contributed by atoms with Gasteiger partial charge in [-0.25, -0.2) is 8.42 Å². The first-order valence-corrected chi connectivity index (χ1v) is 7.78. The molecule has 102 valence electrons. The Hall–Kier alpha value is -0.210. The SMILES string of the molecule is CNC(CCO)CN1CCN(S(C)(=O)=O)CC1. The number of piperazine rings is 1. The number of rotatable bonds is 6. The number of hydrogen-bond donors (Lipinski definition) is 2. The van der Waals surface area contributed by atoms with Gasteiger partial charge in [0.15, 0.2) is 0 Å². The molecule has 0 aliphatic carbocycles. The van der Waals surface area contributed by atoms with Gasteiger partial charge >= 0.3 is 0 Å². The molecule has 1 heterocycles. The van der Waals surface area contributed by atoms with Crippen LogP contribution in [0.5, 0.6) is 0 Å². The smallest absolute Gasteiger partial charge is 0.211 e. The number of likely N-dealkylation sites (N-methyl/N-ethyl adjacent to an activating group) is 1. The Morgan fingerprint density at radius 2 is 1.88 bits per heavy atom. The molecule has 0 saturated carbocycles. The minimum Gasteiger partial charge on any atom is -0.396 e. The van der Waals surface area contributed by atoms with Crippen molar-refractivity contribution in [2.45, 2.75) is 12.5 Å². The second kappa shape index (κ2) is 6.65. The lowest BCUT2D eigenvalue weighted by Crippen LogP contribution is -2.51. The highest BCUT2D eigenvalue weighted by Gasteiger charge is 2.24. The Morgan fingerprint density at radius 3 is 2.29 bits per heavy atom. The van der Waals surface area contributed by atoms with E-state index in [9.17, 15) is 8.42 Å². The van der Waals surface area contributed by atoms with Crippen molar-refractivity contribution in [3.63, 3.8) is 0 Å². The fourth-order valence-electron chi connectivity index (χ4n) is 2.04. The van der Waals surface area contributed by atoms with Gasteiger partial charge in [0.1, 0.15) is 0 Å². The van der Waals surface area contributed by atoms with Gasteiger partial charge in [-0.15, -0.1) is 0 Å². The predicted octanol–water partition coefficient (Wildman–Crippen LogP) is -1.47. The maximum absolute atomic E-state index is 11.3. The van der Waals surface area contributed by atoms with Crippen molar-refractivity contribution >= 4 is 10.0 Å². The predicted molar refractivity (Wildman–Crippen MR) is 67.4 cm³/mol. The first-order chi connectivity index (χ1) is 7.97. The number of hydrogen-bond acceptors (Lipinski definition) is 5. The van der Waals surface area contributed by atoms with Gasteiger partial charge in [0.2, 0.25) is 10.0 Å². The average Bonchev–Trinajstić information content (AvgIpc) is 2.28. The highest BCUT2D eigenvalue weighted by atomic mass is 32.2. The van der Waals surface area contributed by atoms with Gasteiger partial charge in [-0.05, 0) is 13.5 Å². The number of sulfonamides is 1. The number of nitrogens with one attached hydrogen (secondary N) is 1. The molecule has 7 heteroatoms. The van der Waals surface area contributed by atoms with Crippen molar-refractivity contribution in [1.29, 1.82) is 0 Å². The third-order valence-electron chi connectivity index (χ3n) is 3.16. The summed E-state index contributed by atoms with van der Waals surface area (Å²) in [5.74, 6) is 0. The normalized spacial score (nSPS) is 21.6. The summed E-state index contributed by atoms with van der Waals surface area (Å²) in [5, 5.41) is 12.1. The van der Waals surface area contributed by atoms with Crippen LogP contribution in [0.1, 0.15) is 6.42 Å². The van der Waals surface area contributed by atoms with E-state index in [1.807, 2.05) is 7.05 Å². The molecule has 0 aromatic heterocycles. The van der Waals surface area contributed by atoms with Crippen molar-refractivity contribution in [3.8, 4) is 0 Å². The quantitative estimate of drug-likeness (QED) is 0.614. The number of nitrogens with zero attached hydrogens (tertiary/aromatic N) is 2. The van der Waals surface area contributed by atoms with E-state index >= 15 is 0 Å². The summed E-state index contributed by atoms with van der Waals surface area (Å²) in [6.45, 7) is 3.68. The van der Waals surface area contributed by atoms with Crippen LogP contribution in [0.4, 0.5) is 0 Å². The Balaban J connectivity index is 2.36. The van der Waals surface area contributed by atoms with Crippen LogP contribution in [0.25, 0.3) is 0 Å². The molecule has 2 N–H and O–H groups in total. The highest BCUT2D eigenvalue weighted by Crippen LogP contribution is 2.07. The molecule has 1 atom stereocenters. The third kappa shape index (κ3) is 4.89. The zero-order valence-corrected chi connectivity index (χ0v) is 11.4. The molecule has 1 saturated heterocycles. The lowest BCUT2D eigenvalue weighted by molar-refractivity contribution is 0.163. The van der Waals surface area contributed by atoms with Gasteiger partial charge < -0.3 is 10.4 Å². The molecule has 6 nitrogen and oxygen atoms in total. The summed E-state index contributed by atoms with van der Waals surface area (Å²) in [7, 11) is -1.16. The second-order valence-electron chi connectivity index (χ2n) is 4.46. The van der Waals surface area contributed by atoms with Gasteiger partial charge in [-0.1, -0.05) is 0 Å². The molecule has 0 aromatic rings. The van der Waals surface area contributed by atoms with Crippen molar-refractivity contribution < 1.29 is 13.5 Å². The van der Waals surface area contributed by atoms with E-state index in [4.69, 9.17) is 5.11 Å². The molecule has 1 unspecified atom stereocenters. The maximum Gasteiger partial charge on any atom is 0.211 e. The lowest BCUT2D eigenvalue weighted by Gasteiger charge is -2.35. The van der Waals surface area contributed by atoms with Crippen LogP contribution in [0.15, 0.2) is 0 Å². The fraction of sp³-hybridized carbons (Fsp3) is 1.00. The Labute approximate surface area is 104 Å². The molecule has 1 aliphatic heterocycles. The summed E-state index contributed by atoms with van der Waals surface area (Å²) >= 11 is 0. The van der Waals surface area contributed by atoms with Crippen molar-refractivity contribution in [2.24, 2.45) is 0 Å². The molecular formula is C10H23N3O3S. The third-order valence-corrected chi connectivity index (χ3v) is 4.47. The zero-order valence-electron chi connectivity index (χ0n) is 10.6. The molecule has 17 heavy (non-hydrogen) atoms. The summed E-state index contributed by atoms with van der Waals surface area (Å²) in [6, 6.07) is 0.268. The minimum absolute atomic E-state index is 0.175. The van der Waals surface area contributed by atoms with Crippen molar-refractivity contribution in [2.75, 3.05) is 52.6 Å². The highest BCUT2D eigenvalue weighted by molar-refractivity contribution is 7.88. The van der Waals surface area contributed by atoms with E-state index in [0.717, 1.165) is 26.1 Å². The van der Waals surface area contributed by atoms with Gasteiger partial charge in [0.05, 0.1) is 6.26 Å². The van der Waals surface area contributed by atoms with Crippen LogP contribution >= 0.6 is 0 Å². The molecule has 0 spiro atoms. The largest absolute Gasteiger partial charge is 0.396 e. The zero-order chi connectivity index (χ0) is 12.9. The van der Waals surface area contributed by atoms with Crippen LogP contribution in [-0.2, 0) is 10.0 Å². The van der Waals surface area contributed by atoms with Crippen LogP contribution in [0.3, 0.4) is 0 Å². The summed E-state index contributed by atoms with van der Waals surface area (Å²) < 4.78 is 24.2. The van der Waals surface area contributed by atoms with Crippen LogP contribution < -0.4 is 5.32 Å². The van der Waals surface area contributed by atoms with Crippen LogP contribution in [0.2, 0.25) is 0 Å². The molecule has 0 aromatic carbocycles.